The Morgan fingerprint density at radius 1 is 1.18 bits per heavy atom. The lowest BCUT2D eigenvalue weighted by molar-refractivity contribution is 0.0951. The molecule has 0 aliphatic carbocycles. The summed E-state index contributed by atoms with van der Waals surface area (Å²) in [5.74, 6) is 3.55. The highest BCUT2D eigenvalue weighted by molar-refractivity contribution is 7.89. The minimum atomic E-state index is -3.64. The van der Waals surface area contributed by atoms with Crippen LogP contribution in [0.1, 0.15) is 43.5 Å². The molecule has 2 unspecified atom stereocenters. The molecule has 1 fully saturated rings. The van der Waals surface area contributed by atoms with Gasteiger partial charge in [0, 0.05) is 25.2 Å². The van der Waals surface area contributed by atoms with Gasteiger partial charge in [-0.15, -0.1) is 6.42 Å². The van der Waals surface area contributed by atoms with Crippen molar-refractivity contribution in [3.05, 3.63) is 29.8 Å². The number of sulfonamides is 1. The predicted molar refractivity (Wildman–Crippen MR) is 111 cm³/mol. The molecule has 1 aromatic rings. The van der Waals surface area contributed by atoms with E-state index in [1.165, 1.54) is 43.8 Å². The molecular formula is C21H31N3O3S. The molecule has 0 saturated carbocycles. The number of amides is 1. The molecule has 0 bridgehead atoms. The van der Waals surface area contributed by atoms with Gasteiger partial charge >= 0.3 is 0 Å². The number of nitrogens with zero attached hydrogens (tertiary/aromatic N) is 1. The van der Waals surface area contributed by atoms with Crippen molar-refractivity contribution in [1.82, 2.24) is 14.9 Å². The van der Waals surface area contributed by atoms with Crippen molar-refractivity contribution in [3.8, 4) is 12.3 Å². The van der Waals surface area contributed by atoms with E-state index in [1.807, 2.05) is 0 Å². The molecule has 1 saturated heterocycles. The minimum absolute atomic E-state index is 0.0696. The fourth-order valence-electron chi connectivity index (χ4n) is 3.74. The topological polar surface area (TPSA) is 78.5 Å². The molecule has 154 valence electrons. The Bertz CT molecular complexity index is 774. The van der Waals surface area contributed by atoms with Crippen LogP contribution < -0.4 is 10.0 Å². The van der Waals surface area contributed by atoms with Crippen LogP contribution in [0.4, 0.5) is 0 Å². The highest BCUT2D eigenvalue weighted by Crippen LogP contribution is 2.21. The molecule has 1 amide bonds. The number of benzene rings is 1. The van der Waals surface area contributed by atoms with Gasteiger partial charge in [-0.05, 0) is 61.9 Å². The number of carbonyl (C=O) groups excluding carboxylic acids is 1. The first kappa shape index (κ1) is 22.4. The fourth-order valence-corrected chi connectivity index (χ4v) is 4.68. The maximum atomic E-state index is 12.2. The van der Waals surface area contributed by atoms with Gasteiger partial charge in [0.05, 0.1) is 11.4 Å². The van der Waals surface area contributed by atoms with E-state index < -0.39 is 10.0 Å². The second-order valence-corrected chi connectivity index (χ2v) is 9.49. The number of hydrogen-bond acceptors (Lipinski definition) is 4. The van der Waals surface area contributed by atoms with Crippen LogP contribution in [-0.4, -0.2) is 51.9 Å². The summed E-state index contributed by atoms with van der Waals surface area (Å²) in [5, 5.41) is 2.90. The molecule has 2 rings (SSSR count). The van der Waals surface area contributed by atoms with Crippen molar-refractivity contribution < 1.29 is 13.2 Å². The first-order valence-electron chi connectivity index (χ1n) is 9.85. The lowest BCUT2D eigenvalue weighted by Crippen LogP contribution is -2.39. The molecule has 1 heterocycles. The number of carbonyl (C=O) groups is 1. The summed E-state index contributed by atoms with van der Waals surface area (Å²) >= 11 is 0. The smallest absolute Gasteiger partial charge is 0.251 e. The Hall–Kier alpha value is -1.88. The third kappa shape index (κ3) is 6.93. The molecule has 1 aliphatic rings. The zero-order valence-corrected chi connectivity index (χ0v) is 17.6. The van der Waals surface area contributed by atoms with Crippen molar-refractivity contribution in [2.24, 2.45) is 11.8 Å². The van der Waals surface area contributed by atoms with Crippen molar-refractivity contribution in [1.29, 1.82) is 0 Å². The highest BCUT2D eigenvalue weighted by atomic mass is 32.2. The van der Waals surface area contributed by atoms with Crippen LogP contribution in [0, 0.1) is 24.2 Å². The van der Waals surface area contributed by atoms with E-state index in [4.69, 9.17) is 6.42 Å². The van der Waals surface area contributed by atoms with Gasteiger partial charge < -0.3 is 10.2 Å². The molecule has 28 heavy (non-hydrogen) atoms. The standard InChI is InChI=1S/C21H31N3O3S/c1-4-11-23-28(26,27)20-9-7-19(8-10-20)21(25)22-12-5-6-13-24-15-17(2)14-18(3)16-24/h1,7-10,17-18,23H,5-6,11-16H2,2-3H3,(H,22,25). The summed E-state index contributed by atoms with van der Waals surface area (Å²) in [6.45, 7) is 8.57. The first-order valence-corrected chi connectivity index (χ1v) is 11.3. The van der Waals surface area contributed by atoms with E-state index in [9.17, 15) is 13.2 Å². The van der Waals surface area contributed by atoms with Crippen LogP contribution in [0.15, 0.2) is 29.2 Å². The number of hydrogen-bond donors (Lipinski definition) is 2. The van der Waals surface area contributed by atoms with E-state index in [2.05, 4.69) is 34.7 Å². The van der Waals surface area contributed by atoms with Crippen LogP contribution in [0.25, 0.3) is 0 Å². The molecule has 0 aromatic heterocycles. The molecule has 2 N–H and O–H groups in total. The summed E-state index contributed by atoms with van der Waals surface area (Å²) in [7, 11) is -3.64. The van der Waals surface area contributed by atoms with E-state index in [1.54, 1.807) is 0 Å². The van der Waals surface area contributed by atoms with Gasteiger partial charge in [0.25, 0.3) is 5.91 Å². The maximum Gasteiger partial charge on any atom is 0.251 e. The molecule has 0 spiro atoms. The summed E-state index contributed by atoms with van der Waals surface area (Å²) in [6.07, 6.45) is 8.36. The van der Waals surface area contributed by atoms with E-state index in [0.29, 0.717) is 12.1 Å². The lowest BCUT2D eigenvalue weighted by Gasteiger charge is -2.34. The van der Waals surface area contributed by atoms with Crippen molar-refractivity contribution in [2.45, 2.75) is 38.0 Å². The summed E-state index contributed by atoms with van der Waals surface area (Å²) < 4.78 is 26.2. The van der Waals surface area contributed by atoms with E-state index in [0.717, 1.165) is 31.2 Å². The molecular weight excluding hydrogens is 374 g/mol. The number of unbranched alkanes of at least 4 members (excludes halogenated alkanes) is 1. The van der Waals surface area contributed by atoms with Gasteiger partial charge in [0.1, 0.15) is 0 Å². The predicted octanol–water partition coefficient (Wildman–Crippen LogP) is 2.09. The van der Waals surface area contributed by atoms with Gasteiger partial charge in [-0.25, -0.2) is 8.42 Å². The largest absolute Gasteiger partial charge is 0.352 e. The van der Waals surface area contributed by atoms with Crippen molar-refractivity contribution in [2.75, 3.05) is 32.7 Å². The Kier molecular flexibility index (Phi) is 8.49. The zero-order chi connectivity index (χ0) is 20.6. The van der Waals surface area contributed by atoms with E-state index >= 15 is 0 Å². The summed E-state index contributed by atoms with van der Waals surface area (Å²) in [6, 6.07) is 5.84. The van der Waals surface area contributed by atoms with Gasteiger partial charge in [0.15, 0.2) is 0 Å². The van der Waals surface area contributed by atoms with Crippen LogP contribution in [0.5, 0.6) is 0 Å². The number of rotatable bonds is 9. The van der Waals surface area contributed by atoms with E-state index in [-0.39, 0.29) is 17.3 Å². The number of likely N-dealkylation sites (tertiary alicyclic amines) is 1. The summed E-state index contributed by atoms with van der Waals surface area (Å²) in [4.78, 5) is 14.8. The van der Waals surface area contributed by atoms with Crippen LogP contribution in [-0.2, 0) is 10.0 Å². The second-order valence-electron chi connectivity index (χ2n) is 7.72. The molecule has 2 atom stereocenters. The van der Waals surface area contributed by atoms with Crippen molar-refractivity contribution in [3.63, 3.8) is 0 Å². The third-order valence-electron chi connectivity index (χ3n) is 4.92. The van der Waals surface area contributed by atoms with Gasteiger partial charge in [0.2, 0.25) is 10.0 Å². The van der Waals surface area contributed by atoms with Crippen molar-refractivity contribution >= 4 is 15.9 Å². The Morgan fingerprint density at radius 3 is 2.43 bits per heavy atom. The van der Waals surface area contributed by atoms with Gasteiger partial charge in [-0.3, -0.25) is 4.79 Å². The molecule has 0 radical (unpaired) electrons. The quantitative estimate of drug-likeness (QED) is 0.487. The average Bonchev–Trinajstić information content (AvgIpc) is 2.65. The SMILES string of the molecule is C#CCNS(=O)(=O)c1ccc(C(=O)NCCCCN2CC(C)CC(C)C2)cc1. The third-order valence-corrected chi connectivity index (χ3v) is 6.34. The molecule has 6 nitrogen and oxygen atoms in total. The minimum Gasteiger partial charge on any atom is -0.352 e. The Morgan fingerprint density at radius 2 is 1.82 bits per heavy atom. The number of piperidine rings is 1. The monoisotopic (exact) mass is 405 g/mol. The van der Waals surface area contributed by atoms with Crippen LogP contribution >= 0.6 is 0 Å². The van der Waals surface area contributed by atoms with Crippen LogP contribution in [0.2, 0.25) is 0 Å². The van der Waals surface area contributed by atoms with Crippen LogP contribution in [0.3, 0.4) is 0 Å². The Balaban J connectivity index is 1.72. The van der Waals surface area contributed by atoms with Gasteiger partial charge in [-0.1, -0.05) is 19.8 Å². The zero-order valence-electron chi connectivity index (χ0n) is 16.8. The molecule has 7 heteroatoms. The number of terminal acetylenes is 1. The Labute approximate surface area is 169 Å². The average molecular weight is 406 g/mol. The molecule has 1 aliphatic heterocycles. The maximum absolute atomic E-state index is 12.2. The number of nitrogens with one attached hydrogen (secondary N) is 2. The van der Waals surface area contributed by atoms with Gasteiger partial charge in [-0.2, -0.15) is 4.72 Å². The normalized spacial score (nSPS) is 20.5. The second kappa shape index (κ2) is 10.6. The lowest BCUT2D eigenvalue weighted by atomic mass is 9.92. The fraction of sp³-hybridized carbons (Fsp3) is 0.571. The summed E-state index contributed by atoms with van der Waals surface area (Å²) in [5.41, 5.74) is 0.439. The molecule has 1 aromatic carbocycles. The highest BCUT2D eigenvalue weighted by Gasteiger charge is 2.21. The first-order chi connectivity index (χ1) is 13.3.